The molecule has 0 spiro atoms. The molecule has 1 atom stereocenters. The predicted octanol–water partition coefficient (Wildman–Crippen LogP) is 2.53. The fraction of sp³-hybridized carbons (Fsp3) is 0.208. The fourth-order valence-corrected chi connectivity index (χ4v) is 4.94. The number of hydrogen-bond donors (Lipinski definition) is 0. The molecule has 0 unspecified atom stereocenters. The van der Waals surface area contributed by atoms with Crippen LogP contribution >= 0.6 is 11.3 Å². The maximum atomic E-state index is 13.5. The largest absolute Gasteiger partial charge is 0.463 e. The Labute approximate surface area is 187 Å². The summed E-state index contributed by atoms with van der Waals surface area (Å²) in [6.07, 6.45) is 1.84. The van der Waals surface area contributed by atoms with Crippen LogP contribution in [-0.4, -0.2) is 23.9 Å². The van der Waals surface area contributed by atoms with E-state index in [-0.39, 0.29) is 19.0 Å². The van der Waals surface area contributed by atoms with Gasteiger partial charge in [-0.2, -0.15) is 0 Å². The lowest BCUT2D eigenvalue weighted by Gasteiger charge is -2.24. The number of benzene rings is 2. The summed E-state index contributed by atoms with van der Waals surface area (Å²) < 4.78 is 18.4. The molecule has 0 bridgehead atoms. The van der Waals surface area contributed by atoms with Gasteiger partial charge in [0.15, 0.2) is 16.3 Å². The van der Waals surface area contributed by atoms with E-state index in [2.05, 4.69) is 4.99 Å². The van der Waals surface area contributed by atoms with Gasteiger partial charge in [0.1, 0.15) is 0 Å². The van der Waals surface area contributed by atoms with E-state index in [1.807, 2.05) is 42.5 Å². The molecule has 0 saturated carbocycles. The van der Waals surface area contributed by atoms with Gasteiger partial charge in [-0.25, -0.2) is 9.79 Å². The third kappa shape index (κ3) is 3.42. The summed E-state index contributed by atoms with van der Waals surface area (Å²) >= 11 is 1.30. The molecule has 7 nitrogen and oxygen atoms in total. The second kappa shape index (κ2) is 8.12. The highest BCUT2D eigenvalue weighted by Crippen LogP contribution is 2.38. The molecule has 0 N–H and O–H groups in total. The SMILES string of the molecule is CCOC(=O)C1=C(C)N=c2s/c(=C/c3ccccc3)c(=O)n2[C@@H]1c1ccc2c(c1)OCO2. The maximum Gasteiger partial charge on any atom is 0.338 e. The minimum absolute atomic E-state index is 0.137. The van der Waals surface area contributed by atoms with Crippen molar-refractivity contribution >= 4 is 23.4 Å². The first kappa shape index (κ1) is 20.3. The van der Waals surface area contributed by atoms with Crippen LogP contribution in [0.5, 0.6) is 11.5 Å². The van der Waals surface area contributed by atoms with Gasteiger partial charge >= 0.3 is 5.97 Å². The van der Waals surface area contributed by atoms with Gasteiger partial charge in [0, 0.05) is 0 Å². The molecule has 3 aromatic rings. The Bertz CT molecular complexity index is 1420. The summed E-state index contributed by atoms with van der Waals surface area (Å²) in [5.41, 5.74) is 2.29. The quantitative estimate of drug-likeness (QED) is 0.573. The van der Waals surface area contributed by atoms with Crippen LogP contribution in [0, 0.1) is 0 Å². The van der Waals surface area contributed by atoms with Crippen molar-refractivity contribution in [1.82, 2.24) is 4.57 Å². The highest BCUT2D eigenvalue weighted by Gasteiger charge is 2.34. The Morgan fingerprint density at radius 3 is 2.78 bits per heavy atom. The molecule has 1 aromatic heterocycles. The van der Waals surface area contributed by atoms with Crippen LogP contribution in [0.3, 0.4) is 0 Å². The van der Waals surface area contributed by atoms with Crippen molar-refractivity contribution in [3.8, 4) is 11.5 Å². The first-order valence-electron chi connectivity index (χ1n) is 10.2. The highest BCUT2D eigenvalue weighted by atomic mass is 32.1. The Balaban J connectivity index is 1.73. The third-order valence-corrected chi connectivity index (χ3v) is 6.31. The zero-order valence-corrected chi connectivity index (χ0v) is 18.3. The Morgan fingerprint density at radius 1 is 1.22 bits per heavy atom. The van der Waals surface area contributed by atoms with Crippen LogP contribution < -0.4 is 24.4 Å². The van der Waals surface area contributed by atoms with Crippen molar-refractivity contribution in [2.24, 2.45) is 4.99 Å². The van der Waals surface area contributed by atoms with Crippen LogP contribution in [0.15, 0.2) is 69.6 Å². The number of carbonyl (C=O) groups is 1. The summed E-state index contributed by atoms with van der Waals surface area (Å²) in [6, 6.07) is 14.4. The first-order chi connectivity index (χ1) is 15.6. The standard InChI is InChI=1S/C24H20N2O5S/c1-3-29-23(28)20-14(2)25-24-26(21(20)16-9-10-17-18(12-16)31-13-30-17)22(27)19(32-24)11-15-7-5-4-6-8-15/h4-12,21H,3,13H2,1-2H3/b19-11+/t21-/m1/s1. The Hall–Kier alpha value is -3.65. The van der Waals surface area contributed by atoms with Crippen LogP contribution in [-0.2, 0) is 9.53 Å². The van der Waals surface area contributed by atoms with E-state index >= 15 is 0 Å². The second-order valence-corrected chi connectivity index (χ2v) is 8.33. The number of aromatic nitrogens is 1. The van der Waals surface area contributed by atoms with E-state index < -0.39 is 12.0 Å². The first-order valence-corrected chi connectivity index (χ1v) is 11.0. The van der Waals surface area contributed by atoms with Gasteiger partial charge in [0.2, 0.25) is 6.79 Å². The van der Waals surface area contributed by atoms with Gasteiger partial charge in [0.25, 0.3) is 5.56 Å². The topological polar surface area (TPSA) is 79.1 Å². The summed E-state index contributed by atoms with van der Waals surface area (Å²) in [5.74, 6) is 0.712. The minimum atomic E-state index is -0.683. The molecule has 162 valence electrons. The Kier molecular flexibility index (Phi) is 5.14. The van der Waals surface area contributed by atoms with E-state index in [1.165, 1.54) is 11.3 Å². The zero-order chi connectivity index (χ0) is 22.2. The normalized spacial score (nSPS) is 17.2. The molecule has 0 saturated heterocycles. The van der Waals surface area contributed by atoms with E-state index in [4.69, 9.17) is 14.2 Å². The molecule has 5 rings (SSSR count). The van der Waals surface area contributed by atoms with Gasteiger partial charge < -0.3 is 14.2 Å². The number of carbonyl (C=O) groups excluding carboxylic acids is 1. The second-order valence-electron chi connectivity index (χ2n) is 7.33. The lowest BCUT2D eigenvalue weighted by molar-refractivity contribution is -0.139. The lowest BCUT2D eigenvalue weighted by Crippen LogP contribution is -2.39. The van der Waals surface area contributed by atoms with Gasteiger partial charge in [-0.3, -0.25) is 9.36 Å². The number of allylic oxidation sites excluding steroid dienone is 1. The van der Waals surface area contributed by atoms with Crippen molar-refractivity contribution in [1.29, 1.82) is 0 Å². The predicted molar refractivity (Wildman–Crippen MR) is 119 cm³/mol. The molecule has 2 aromatic carbocycles. The molecule has 32 heavy (non-hydrogen) atoms. The van der Waals surface area contributed by atoms with Crippen LogP contribution in [0.1, 0.15) is 31.0 Å². The molecule has 2 aliphatic rings. The minimum Gasteiger partial charge on any atom is -0.463 e. The summed E-state index contributed by atoms with van der Waals surface area (Å²) in [6.45, 7) is 3.87. The fourth-order valence-electron chi connectivity index (χ4n) is 3.89. The number of rotatable bonds is 4. The number of fused-ring (bicyclic) bond motifs is 2. The monoisotopic (exact) mass is 448 g/mol. The van der Waals surface area contributed by atoms with Gasteiger partial charge in [0.05, 0.1) is 28.5 Å². The average Bonchev–Trinajstić information content (AvgIpc) is 3.37. The molecule has 0 fully saturated rings. The van der Waals surface area contributed by atoms with Crippen LogP contribution in [0.25, 0.3) is 6.08 Å². The van der Waals surface area contributed by atoms with E-state index in [9.17, 15) is 9.59 Å². The molecule has 2 aliphatic heterocycles. The summed E-state index contributed by atoms with van der Waals surface area (Å²) in [5, 5.41) is 0. The van der Waals surface area contributed by atoms with Crippen molar-refractivity contribution < 1.29 is 19.0 Å². The third-order valence-electron chi connectivity index (χ3n) is 5.33. The summed E-state index contributed by atoms with van der Waals surface area (Å²) in [7, 11) is 0. The van der Waals surface area contributed by atoms with Crippen LogP contribution in [0.4, 0.5) is 0 Å². The van der Waals surface area contributed by atoms with Crippen molar-refractivity contribution in [3.63, 3.8) is 0 Å². The average molecular weight is 449 g/mol. The van der Waals surface area contributed by atoms with E-state index in [0.717, 1.165) is 11.1 Å². The molecular formula is C24H20N2O5S. The Morgan fingerprint density at radius 2 is 2.00 bits per heavy atom. The lowest BCUT2D eigenvalue weighted by atomic mass is 9.95. The molecular weight excluding hydrogens is 428 g/mol. The molecule has 0 aliphatic carbocycles. The molecule has 0 amide bonds. The van der Waals surface area contributed by atoms with Gasteiger partial charge in [-0.05, 0) is 43.2 Å². The van der Waals surface area contributed by atoms with E-state index in [1.54, 1.807) is 30.5 Å². The van der Waals surface area contributed by atoms with Gasteiger partial charge in [-0.1, -0.05) is 47.7 Å². The number of nitrogens with zero attached hydrogens (tertiary/aromatic N) is 2. The highest BCUT2D eigenvalue weighted by molar-refractivity contribution is 7.07. The number of hydrogen-bond acceptors (Lipinski definition) is 7. The molecule has 3 heterocycles. The smallest absolute Gasteiger partial charge is 0.338 e. The number of thiazole rings is 1. The van der Waals surface area contributed by atoms with Crippen LogP contribution in [0.2, 0.25) is 0 Å². The number of ether oxygens (including phenoxy) is 3. The van der Waals surface area contributed by atoms with Gasteiger partial charge in [-0.15, -0.1) is 0 Å². The maximum absolute atomic E-state index is 13.5. The van der Waals surface area contributed by atoms with Crippen molar-refractivity contribution in [3.05, 3.63) is 90.6 Å². The number of esters is 1. The van der Waals surface area contributed by atoms with E-state index in [0.29, 0.717) is 32.1 Å². The zero-order valence-electron chi connectivity index (χ0n) is 17.5. The molecule has 0 radical (unpaired) electrons. The van der Waals surface area contributed by atoms with Crippen molar-refractivity contribution in [2.75, 3.05) is 13.4 Å². The summed E-state index contributed by atoms with van der Waals surface area (Å²) in [4.78, 5) is 31.6. The van der Waals surface area contributed by atoms with Crippen molar-refractivity contribution in [2.45, 2.75) is 19.9 Å². The molecule has 8 heteroatoms.